The number of fused-ring (bicyclic) bond motifs is 1. The van der Waals surface area contributed by atoms with Gasteiger partial charge in [0.25, 0.3) is 0 Å². The first kappa shape index (κ1) is 14.8. The van der Waals surface area contributed by atoms with Crippen molar-refractivity contribution < 1.29 is 19.4 Å². The minimum Gasteiger partial charge on any atom is -0.481 e. The summed E-state index contributed by atoms with van der Waals surface area (Å²) in [6.07, 6.45) is 1.78. The number of carboxylic acid groups (broad SMARTS) is 1. The van der Waals surface area contributed by atoms with Crippen LogP contribution in [-0.4, -0.2) is 53.2 Å². The summed E-state index contributed by atoms with van der Waals surface area (Å²) in [6, 6.07) is 0. The molecule has 6 nitrogen and oxygen atoms in total. The maximum atomic E-state index is 12.9. The Hall–Kier alpha value is -1.14. The molecule has 3 N–H and O–H groups in total. The van der Waals surface area contributed by atoms with Gasteiger partial charge in [0.15, 0.2) is 0 Å². The molecule has 2 aliphatic heterocycles. The molecule has 1 aliphatic carbocycles. The number of hydrogen-bond donors (Lipinski definition) is 2. The van der Waals surface area contributed by atoms with E-state index >= 15 is 0 Å². The van der Waals surface area contributed by atoms with Crippen molar-refractivity contribution in [1.82, 2.24) is 4.90 Å². The van der Waals surface area contributed by atoms with E-state index in [0.717, 1.165) is 12.8 Å². The van der Waals surface area contributed by atoms with E-state index < -0.39 is 11.5 Å². The summed E-state index contributed by atoms with van der Waals surface area (Å²) in [6.45, 7) is 5.81. The molecule has 0 spiro atoms. The fourth-order valence-corrected chi connectivity index (χ4v) is 4.51. The summed E-state index contributed by atoms with van der Waals surface area (Å²) in [5.74, 6) is -0.676. The summed E-state index contributed by atoms with van der Waals surface area (Å²) >= 11 is 0. The van der Waals surface area contributed by atoms with Gasteiger partial charge in [-0.15, -0.1) is 0 Å². The predicted octanol–water partition coefficient (Wildman–Crippen LogP) is 0.452. The number of rotatable bonds is 3. The van der Waals surface area contributed by atoms with E-state index in [2.05, 4.69) is 0 Å². The van der Waals surface area contributed by atoms with Crippen molar-refractivity contribution in [2.75, 3.05) is 19.7 Å². The second-order valence-corrected chi connectivity index (χ2v) is 7.28. The standard InChI is InChI=1S/C15H24N2O4/c1-14(2)12-10(4-6-21-12)15(14,16)13(20)17-5-3-9(8-17)7-11(18)19/h9-10,12H,3-8,16H2,1-2H3,(H,18,19). The Labute approximate surface area is 124 Å². The highest BCUT2D eigenvalue weighted by atomic mass is 16.5. The molecule has 0 aromatic carbocycles. The summed E-state index contributed by atoms with van der Waals surface area (Å²) in [5, 5.41) is 8.88. The Balaban J connectivity index is 1.72. The van der Waals surface area contributed by atoms with Gasteiger partial charge in [0.2, 0.25) is 5.91 Å². The molecular weight excluding hydrogens is 272 g/mol. The van der Waals surface area contributed by atoms with Crippen LogP contribution in [0.15, 0.2) is 0 Å². The van der Waals surface area contributed by atoms with Crippen molar-refractivity contribution in [3.63, 3.8) is 0 Å². The number of carboxylic acids is 1. The summed E-state index contributed by atoms with van der Waals surface area (Å²) < 4.78 is 5.72. The van der Waals surface area contributed by atoms with Crippen molar-refractivity contribution in [1.29, 1.82) is 0 Å². The van der Waals surface area contributed by atoms with E-state index in [1.165, 1.54) is 0 Å². The molecule has 21 heavy (non-hydrogen) atoms. The molecule has 1 amide bonds. The SMILES string of the molecule is CC1(C)C2OCCC2C1(N)C(=O)N1CCC(CC(=O)O)C1. The fourth-order valence-electron chi connectivity index (χ4n) is 4.51. The molecule has 6 heteroatoms. The first-order valence-electron chi connectivity index (χ1n) is 7.70. The Morgan fingerprint density at radius 3 is 2.76 bits per heavy atom. The highest BCUT2D eigenvalue weighted by molar-refractivity contribution is 5.90. The third kappa shape index (κ3) is 1.92. The minimum absolute atomic E-state index is 0.0212. The van der Waals surface area contributed by atoms with Crippen molar-refractivity contribution in [3.05, 3.63) is 0 Å². The first-order valence-corrected chi connectivity index (χ1v) is 7.70. The zero-order chi connectivity index (χ0) is 15.4. The zero-order valence-corrected chi connectivity index (χ0v) is 12.7. The lowest BCUT2D eigenvalue weighted by Crippen LogP contribution is -2.80. The maximum Gasteiger partial charge on any atom is 0.303 e. The predicted molar refractivity (Wildman–Crippen MR) is 75.5 cm³/mol. The topological polar surface area (TPSA) is 92.9 Å². The molecule has 0 bridgehead atoms. The van der Waals surface area contributed by atoms with Crippen molar-refractivity contribution in [2.45, 2.75) is 44.8 Å². The van der Waals surface area contributed by atoms with E-state index in [-0.39, 0.29) is 35.7 Å². The Kier molecular flexibility index (Phi) is 3.29. The van der Waals surface area contributed by atoms with Gasteiger partial charge in [0, 0.05) is 37.5 Å². The Morgan fingerprint density at radius 1 is 1.38 bits per heavy atom. The highest BCUT2D eigenvalue weighted by Crippen LogP contribution is 2.58. The number of nitrogens with zero attached hydrogens (tertiary/aromatic N) is 1. The van der Waals surface area contributed by atoms with E-state index in [1.807, 2.05) is 13.8 Å². The normalized spacial score (nSPS) is 40.7. The van der Waals surface area contributed by atoms with Gasteiger partial charge < -0.3 is 20.5 Å². The molecule has 1 saturated carbocycles. The molecule has 4 unspecified atom stereocenters. The molecule has 2 saturated heterocycles. The van der Waals surface area contributed by atoms with E-state index in [9.17, 15) is 9.59 Å². The van der Waals surface area contributed by atoms with E-state index in [4.69, 9.17) is 15.6 Å². The number of carbonyl (C=O) groups is 2. The Morgan fingerprint density at radius 2 is 2.10 bits per heavy atom. The first-order chi connectivity index (χ1) is 9.78. The second kappa shape index (κ2) is 4.68. The van der Waals surface area contributed by atoms with Gasteiger partial charge in [0.05, 0.1) is 6.10 Å². The van der Waals surface area contributed by atoms with E-state index in [1.54, 1.807) is 4.90 Å². The van der Waals surface area contributed by atoms with E-state index in [0.29, 0.717) is 19.7 Å². The van der Waals surface area contributed by atoms with Gasteiger partial charge in [-0.05, 0) is 18.8 Å². The Bertz CT molecular complexity index is 478. The van der Waals surface area contributed by atoms with Crippen LogP contribution < -0.4 is 5.73 Å². The number of ether oxygens (including phenoxy) is 1. The maximum absolute atomic E-state index is 12.9. The molecule has 0 radical (unpaired) electrons. The van der Waals surface area contributed by atoms with Crippen LogP contribution in [0.5, 0.6) is 0 Å². The van der Waals surface area contributed by atoms with Crippen molar-refractivity contribution in [3.8, 4) is 0 Å². The number of hydrogen-bond acceptors (Lipinski definition) is 4. The third-order valence-corrected chi connectivity index (χ3v) is 5.84. The number of carbonyl (C=O) groups excluding carboxylic acids is 1. The van der Waals surface area contributed by atoms with Gasteiger partial charge in [-0.3, -0.25) is 9.59 Å². The average Bonchev–Trinajstić information content (AvgIpc) is 3.03. The molecule has 3 aliphatic rings. The van der Waals surface area contributed by atoms with Crippen LogP contribution in [-0.2, 0) is 14.3 Å². The largest absolute Gasteiger partial charge is 0.481 e. The molecule has 3 rings (SSSR count). The molecular formula is C15H24N2O4. The van der Waals surface area contributed by atoms with Crippen LogP contribution in [0.2, 0.25) is 0 Å². The number of amides is 1. The van der Waals surface area contributed by atoms with Crippen LogP contribution in [0.25, 0.3) is 0 Å². The van der Waals surface area contributed by atoms with Gasteiger partial charge >= 0.3 is 5.97 Å². The number of likely N-dealkylation sites (tertiary alicyclic amines) is 1. The molecule has 2 heterocycles. The smallest absolute Gasteiger partial charge is 0.303 e. The second-order valence-electron chi connectivity index (χ2n) is 7.28. The molecule has 118 valence electrons. The minimum atomic E-state index is -0.869. The monoisotopic (exact) mass is 296 g/mol. The number of aliphatic carboxylic acids is 1. The number of nitrogens with two attached hydrogens (primary N) is 1. The summed E-state index contributed by atoms with van der Waals surface area (Å²) in [7, 11) is 0. The molecule has 3 fully saturated rings. The van der Waals surface area contributed by atoms with Crippen LogP contribution in [0.3, 0.4) is 0 Å². The van der Waals surface area contributed by atoms with Gasteiger partial charge in [-0.2, -0.15) is 0 Å². The van der Waals surface area contributed by atoms with Crippen LogP contribution in [0, 0.1) is 17.3 Å². The van der Waals surface area contributed by atoms with Gasteiger partial charge in [-0.25, -0.2) is 0 Å². The van der Waals surface area contributed by atoms with Crippen LogP contribution in [0.4, 0.5) is 0 Å². The zero-order valence-electron chi connectivity index (χ0n) is 12.7. The molecule has 0 aromatic heterocycles. The van der Waals surface area contributed by atoms with Gasteiger partial charge in [-0.1, -0.05) is 13.8 Å². The average molecular weight is 296 g/mol. The summed E-state index contributed by atoms with van der Waals surface area (Å²) in [4.78, 5) is 25.5. The molecule has 0 aromatic rings. The lowest BCUT2D eigenvalue weighted by atomic mass is 9.47. The third-order valence-electron chi connectivity index (χ3n) is 5.84. The van der Waals surface area contributed by atoms with Crippen LogP contribution in [0.1, 0.15) is 33.1 Å². The quantitative estimate of drug-likeness (QED) is 0.789. The van der Waals surface area contributed by atoms with Crippen molar-refractivity contribution in [2.24, 2.45) is 23.0 Å². The lowest BCUT2D eigenvalue weighted by Gasteiger charge is -2.61. The highest BCUT2D eigenvalue weighted by Gasteiger charge is 2.72. The van der Waals surface area contributed by atoms with Gasteiger partial charge in [0.1, 0.15) is 5.54 Å². The van der Waals surface area contributed by atoms with Crippen molar-refractivity contribution >= 4 is 11.9 Å². The lowest BCUT2D eigenvalue weighted by molar-refractivity contribution is -0.183. The van der Waals surface area contributed by atoms with Crippen LogP contribution >= 0.6 is 0 Å². The molecule has 4 atom stereocenters. The fraction of sp³-hybridized carbons (Fsp3) is 0.867. The summed E-state index contributed by atoms with van der Waals surface area (Å²) in [5.41, 5.74) is 5.31.